The van der Waals surface area contributed by atoms with Gasteiger partial charge in [-0.2, -0.15) is 13.2 Å². The summed E-state index contributed by atoms with van der Waals surface area (Å²) >= 11 is 0. The van der Waals surface area contributed by atoms with Crippen LogP contribution in [0.2, 0.25) is 0 Å². The van der Waals surface area contributed by atoms with Crippen LogP contribution in [-0.4, -0.2) is 20.9 Å². The average molecular weight is 470 g/mol. The van der Waals surface area contributed by atoms with Gasteiger partial charge in [-0.3, -0.25) is 9.10 Å². The van der Waals surface area contributed by atoms with Crippen molar-refractivity contribution in [1.82, 2.24) is 0 Å². The predicted octanol–water partition coefficient (Wildman–Crippen LogP) is 4.82. The molecule has 1 amide bonds. The summed E-state index contributed by atoms with van der Waals surface area (Å²) < 4.78 is 93.9. The lowest BCUT2D eigenvalue weighted by atomic mass is 10.2. The molecule has 0 saturated heterocycles. The number of anilines is 2. The highest BCUT2D eigenvalue weighted by Crippen LogP contribution is 2.33. The van der Waals surface area contributed by atoms with Crippen molar-refractivity contribution in [3.8, 4) is 0 Å². The van der Waals surface area contributed by atoms with Crippen molar-refractivity contribution in [3.63, 3.8) is 0 Å². The van der Waals surface area contributed by atoms with E-state index in [1.807, 2.05) is 5.32 Å². The summed E-state index contributed by atoms with van der Waals surface area (Å²) in [4.78, 5) is 12.2. The second kappa shape index (κ2) is 8.95. The third kappa shape index (κ3) is 5.05. The minimum atomic E-state index is -4.77. The topological polar surface area (TPSA) is 66.5 Å². The minimum absolute atomic E-state index is 0.290. The zero-order chi connectivity index (χ0) is 23.5. The number of hydrogen-bond acceptors (Lipinski definition) is 3. The van der Waals surface area contributed by atoms with Crippen molar-refractivity contribution < 1.29 is 35.2 Å². The molecule has 5 nitrogen and oxygen atoms in total. The van der Waals surface area contributed by atoms with E-state index in [-0.39, 0.29) is 4.90 Å². The molecule has 0 fully saturated rings. The van der Waals surface area contributed by atoms with E-state index in [1.54, 1.807) is 0 Å². The number of alkyl halides is 3. The first kappa shape index (κ1) is 23.2. The van der Waals surface area contributed by atoms with Gasteiger partial charge in [-0.25, -0.2) is 17.2 Å². The van der Waals surface area contributed by atoms with Crippen LogP contribution in [0.15, 0.2) is 77.7 Å². The molecule has 1 N–H and O–H groups in total. The molecule has 0 bridgehead atoms. The van der Waals surface area contributed by atoms with E-state index in [0.717, 1.165) is 36.4 Å². The van der Waals surface area contributed by atoms with Gasteiger partial charge in [0.25, 0.3) is 10.0 Å². The highest BCUT2D eigenvalue weighted by molar-refractivity contribution is 7.92. The van der Waals surface area contributed by atoms with Gasteiger partial charge in [-0.1, -0.05) is 30.3 Å². The van der Waals surface area contributed by atoms with Crippen LogP contribution >= 0.6 is 0 Å². The van der Waals surface area contributed by atoms with Crippen molar-refractivity contribution in [2.45, 2.75) is 11.1 Å². The Morgan fingerprint density at radius 1 is 0.875 bits per heavy atom. The number of nitrogens with zero attached hydrogens (tertiary/aromatic N) is 1. The lowest BCUT2D eigenvalue weighted by molar-refractivity contribution is -0.137. The van der Waals surface area contributed by atoms with Gasteiger partial charge < -0.3 is 5.32 Å². The number of rotatable bonds is 6. The zero-order valence-electron chi connectivity index (χ0n) is 16.1. The number of para-hydroxylation sites is 1. The zero-order valence-corrected chi connectivity index (χ0v) is 16.9. The van der Waals surface area contributed by atoms with Crippen LogP contribution in [-0.2, 0) is 21.0 Å². The lowest BCUT2D eigenvalue weighted by Gasteiger charge is -2.25. The molecule has 32 heavy (non-hydrogen) atoms. The molecule has 0 aliphatic heterocycles. The highest BCUT2D eigenvalue weighted by Gasteiger charge is 2.33. The monoisotopic (exact) mass is 470 g/mol. The second-order valence-corrected chi connectivity index (χ2v) is 8.38. The van der Waals surface area contributed by atoms with Gasteiger partial charge in [0.05, 0.1) is 16.1 Å². The molecule has 168 valence electrons. The fourth-order valence-electron chi connectivity index (χ4n) is 2.80. The molecule has 11 heteroatoms. The number of carbonyl (C=O) groups excluding carboxylic acids is 1. The van der Waals surface area contributed by atoms with E-state index in [4.69, 9.17) is 0 Å². The average Bonchev–Trinajstić information content (AvgIpc) is 2.75. The summed E-state index contributed by atoms with van der Waals surface area (Å²) in [6.45, 7) is -1.04. The Bertz CT molecular complexity index is 1210. The standard InChI is InChI=1S/C21H15F5N2O3S/c22-17-10-5-11-18(23)20(17)27-19(29)13-28(32(30,31)16-8-2-1-3-9-16)15-7-4-6-14(12-15)21(24,25)26/h1-12H,13H2,(H,27,29). The molecule has 0 atom stereocenters. The number of carbonyl (C=O) groups is 1. The van der Waals surface area contributed by atoms with Crippen molar-refractivity contribution in [3.05, 3.63) is 90.0 Å². The summed E-state index contributed by atoms with van der Waals surface area (Å²) in [6, 6.07) is 12.9. The van der Waals surface area contributed by atoms with Crippen molar-refractivity contribution in [1.29, 1.82) is 0 Å². The first-order chi connectivity index (χ1) is 15.0. The fraction of sp³-hybridized carbons (Fsp3) is 0.0952. The molecule has 0 heterocycles. The molecule has 3 aromatic rings. The Hall–Kier alpha value is -3.47. The van der Waals surface area contributed by atoms with E-state index in [9.17, 15) is 35.2 Å². The summed E-state index contributed by atoms with van der Waals surface area (Å²) in [5, 5.41) is 1.93. The molecular weight excluding hydrogens is 455 g/mol. The van der Waals surface area contributed by atoms with Crippen LogP contribution in [0.25, 0.3) is 0 Å². The molecule has 0 spiro atoms. The van der Waals surface area contributed by atoms with Gasteiger partial charge in [0.15, 0.2) is 0 Å². The van der Waals surface area contributed by atoms with Crippen molar-refractivity contribution >= 4 is 27.3 Å². The number of nitrogens with one attached hydrogen (secondary N) is 1. The Morgan fingerprint density at radius 3 is 2.06 bits per heavy atom. The Balaban J connectivity index is 2.03. The van der Waals surface area contributed by atoms with Crippen LogP contribution < -0.4 is 9.62 Å². The maximum Gasteiger partial charge on any atom is 0.416 e. The summed E-state index contributed by atoms with van der Waals surface area (Å²) in [5.74, 6) is -3.37. The normalized spacial score (nSPS) is 11.8. The van der Waals surface area contributed by atoms with E-state index >= 15 is 0 Å². The number of hydrogen-bond donors (Lipinski definition) is 1. The third-order valence-electron chi connectivity index (χ3n) is 4.31. The predicted molar refractivity (Wildman–Crippen MR) is 107 cm³/mol. The van der Waals surface area contributed by atoms with Crippen LogP contribution in [0.5, 0.6) is 0 Å². The molecule has 0 aliphatic rings. The molecular formula is C21H15F5N2O3S. The quantitative estimate of drug-likeness (QED) is 0.526. The number of halogens is 5. The number of amides is 1. The first-order valence-corrected chi connectivity index (χ1v) is 10.4. The SMILES string of the molecule is O=C(CN(c1cccc(C(F)(F)F)c1)S(=O)(=O)c1ccccc1)Nc1c(F)cccc1F. The van der Waals surface area contributed by atoms with E-state index < -0.39 is 57.2 Å². The molecule has 0 saturated carbocycles. The van der Waals surface area contributed by atoms with Crippen LogP contribution in [0.1, 0.15) is 5.56 Å². The molecule has 0 radical (unpaired) electrons. The van der Waals surface area contributed by atoms with Gasteiger partial charge in [0.2, 0.25) is 5.91 Å². The third-order valence-corrected chi connectivity index (χ3v) is 6.10. The molecule has 3 rings (SSSR count). The molecule has 0 unspecified atom stereocenters. The van der Waals surface area contributed by atoms with Crippen molar-refractivity contribution in [2.75, 3.05) is 16.2 Å². The molecule has 0 aromatic heterocycles. The summed E-state index contributed by atoms with van der Waals surface area (Å²) in [5.41, 5.74) is -2.39. The first-order valence-electron chi connectivity index (χ1n) is 8.99. The van der Waals surface area contributed by atoms with Crippen LogP contribution in [0.4, 0.5) is 33.3 Å². The summed E-state index contributed by atoms with van der Waals surface area (Å²) in [6.07, 6.45) is -4.77. The Labute approximate surface area is 180 Å². The van der Waals surface area contributed by atoms with E-state index in [0.29, 0.717) is 10.4 Å². The number of sulfonamides is 1. The van der Waals surface area contributed by atoms with Gasteiger partial charge in [0, 0.05) is 0 Å². The van der Waals surface area contributed by atoms with Gasteiger partial charge in [-0.05, 0) is 42.5 Å². The van der Waals surface area contributed by atoms with E-state index in [2.05, 4.69) is 0 Å². The summed E-state index contributed by atoms with van der Waals surface area (Å²) in [7, 11) is -4.51. The van der Waals surface area contributed by atoms with E-state index in [1.165, 1.54) is 30.3 Å². The Kier molecular flexibility index (Phi) is 6.49. The highest BCUT2D eigenvalue weighted by atomic mass is 32.2. The van der Waals surface area contributed by atoms with Crippen molar-refractivity contribution in [2.24, 2.45) is 0 Å². The van der Waals surface area contributed by atoms with Crippen LogP contribution in [0.3, 0.4) is 0 Å². The van der Waals surface area contributed by atoms with Crippen LogP contribution in [0, 0.1) is 11.6 Å². The number of benzene rings is 3. The largest absolute Gasteiger partial charge is 0.416 e. The smallest absolute Gasteiger partial charge is 0.320 e. The minimum Gasteiger partial charge on any atom is -0.320 e. The Morgan fingerprint density at radius 2 is 1.47 bits per heavy atom. The second-order valence-electron chi connectivity index (χ2n) is 6.52. The lowest BCUT2D eigenvalue weighted by Crippen LogP contribution is -2.38. The molecule has 3 aromatic carbocycles. The van der Waals surface area contributed by atoms with Gasteiger partial charge in [0.1, 0.15) is 23.9 Å². The maximum atomic E-state index is 13.8. The van der Waals surface area contributed by atoms with Gasteiger partial charge >= 0.3 is 6.18 Å². The maximum absolute atomic E-state index is 13.8. The fourth-order valence-corrected chi connectivity index (χ4v) is 4.23. The van der Waals surface area contributed by atoms with Gasteiger partial charge in [-0.15, -0.1) is 0 Å². The molecule has 0 aliphatic carbocycles.